The highest BCUT2D eigenvalue weighted by atomic mass is 15.0. The first-order valence-electron chi connectivity index (χ1n) is 11.3. The third-order valence-corrected chi connectivity index (χ3v) is 5.59. The zero-order valence-corrected chi connectivity index (χ0v) is 17.5. The van der Waals surface area contributed by atoms with Crippen LogP contribution in [0.1, 0.15) is 128 Å². The van der Waals surface area contributed by atoms with Crippen molar-refractivity contribution in [3.05, 3.63) is 18.2 Å². The molecule has 1 aromatic rings. The summed E-state index contributed by atoms with van der Waals surface area (Å²) in [4.78, 5) is 3.45. The van der Waals surface area contributed by atoms with E-state index in [9.17, 15) is 0 Å². The standard InChI is InChI=1S/C23H44N2/c1-4-6-7-8-9-10-11-12-13-14-15-16-17-19-22(18-5-2)23-24-20-21-25(23)3/h20-22H,4-19H2,1-3H3/p+1/t22-/m0/s1. The van der Waals surface area contributed by atoms with Crippen LogP contribution in [0.2, 0.25) is 0 Å². The first kappa shape index (κ1) is 22.3. The van der Waals surface area contributed by atoms with Gasteiger partial charge in [-0.05, 0) is 12.8 Å². The fourth-order valence-electron chi connectivity index (χ4n) is 4.00. The van der Waals surface area contributed by atoms with E-state index in [0.717, 1.165) is 5.92 Å². The molecule has 1 heterocycles. The number of nitrogens with zero attached hydrogens (tertiary/aromatic N) is 1. The van der Waals surface area contributed by atoms with E-state index in [1.165, 1.54) is 109 Å². The van der Waals surface area contributed by atoms with E-state index in [1.807, 2.05) is 0 Å². The van der Waals surface area contributed by atoms with Gasteiger partial charge in [0.25, 0.3) is 5.82 Å². The van der Waals surface area contributed by atoms with Crippen molar-refractivity contribution in [1.29, 1.82) is 0 Å². The van der Waals surface area contributed by atoms with Crippen molar-refractivity contribution in [3.63, 3.8) is 0 Å². The van der Waals surface area contributed by atoms with E-state index in [1.54, 1.807) is 0 Å². The first-order chi connectivity index (χ1) is 12.3. The van der Waals surface area contributed by atoms with Crippen molar-refractivity contribution >= 4 is 0 Å². The maximum atomic E-state index is 3.45. The van der Waals surface area contributed by atoms with E-state index in [0.29, 0.717) is 0 Å². The van der Waals surface area contributed by atoms with Crippen LogP contribution in [-0.2, 0) is 7.05 Å². The summed E-state index contributed by atoms with van der Waals surface area (Å²) in [6.45, 7) is 4.60. The fraction of sp³-hybridized carbons (Fsp3) is 0.870. The molecule has 1 rings (SSSR count). The number of aromatic amines is 1. The quantitative estimate of drug-likeness (QED) is 0.226. The maximum absolute atomic E-state index is 3.45. The largest absolute Gasteiger partial charge is 0.257 e. The maximum Gasteiger partial charge on any atom is 0.257 e. The zero-order chi connectivity index (χ0) is 18.2. The Bertz CT molecular complexity index is 397. The molecular weight excluding hydrogens is 304 g/mol. The molecule has 0 amide bonds. The van der Waals surface area contributed by atoms with Crippen molar-refractivity contribution in [2.45, 2.75) is 122 Å². The monoisotopic (exact) mass is 349 g/mol. The molecule has 0 aliphatic carbocycles. The van der Waals surface area contributed by atoms with Gasteiger partial charge in [-0.1, -0.05) is 104 Å². The first-order valence-corrected chi connectivity index (χ1v) is 11.3. The third-order valence-electron chi connectivity index (χ3n) is 5.59. The highest BCUT2D eigenvalue weighted by molar-refractivity contribution is 4.89. The number of hydrogen-bond donors (Lipinski definition) is 1. The predicted molar refractivity (Wildman–Crippen MR) is 110 cm³/mol. The molecule has 0 aliphatic rings. The average Bonchev–Trinajstić information content (AvgIpc) is 3.04. The van der Waals surface area contributed by atoms with Crippen LogP contribution >= 0.6 is 0 Å². The number of hydrogen-bond acceptors (Lipinski definition) is 0. The minimum absolute atomic E-state index is 0.720. The van der Waals surface area contributed by atoms with Gasteiger partial charge >= 0.3 is 0 Å². The molecule has 2 heteroatoms. The van der Waals surface area contributed by atoms with Gasteiger partial charge in [-0.25, -0.2) is 9.55 Å². The summed E-state index contributed by atoms with van der Waals surface area (Å²) in [6.07, 6.45) is 26.9. The molecule has 0 radical (unpaired) electrons. The Balaban J connectivity index is 1.94. The van der Waals surface area contributed by atoms with Crippen LogP contribution in [0.3, 0.4) is 0 Å². The van der Waals surface area contributed by atoms with Crippen LogP contribution in [-0.4, -0.2) is 4.98 Å². The van der Waals surface area contributed by atoms with Crippen LogP contribution < -0.4 is 4.57 Å². The molecule has 1 aromatic heterocycles. The molecule has 0 spiro atoms. The van der Waals surface area contributed by atoms with E-state index in [2.05, 4.69) is 42.8 Å². The number of imidazole rings is 1. The molecule has 0 aliphatic heterocycles. The van der Waals surface area contributed by atoms with Gasteiger partial charge in [0.1, 0.15) is 12.4 Å². The van der Waals surface area contributed by atoms with Gasteiger partial charge in [-0.2, -0.15) is 0 Å². The summed E-state index contributed by atoms with van der Waals surface area (Å²) in [6, 6.07) is 0. The zero-order valence-electron chi connectivity index (χ0n) is 17.5. The molecule has 0 bridgehead atoms. The fourth-order valence-corrected chi connectivity index (χ4v) is 4.00. The summed E-state index contributed by atoms with van der Waals surface area (Å²) in [5.41, 5.74) is 0. The second kappa shape index (κ2) is 15.5. The van der Waals surface area contributed by atoms with Gasteiger partial charge in [-0.15, -0.1) is 0 Å². The second-order valence-corrected chi connectivity index (χ2v) is 7.97. The number of rotatable bonds is 17. The van der Waals surface area contributed by atoms with E-state index >= 15 is 0 Å². The molecule has 0 unspecified atom stereocenters. The number of aryl methyl sites for hydroxylation is 1. The number of aromatic nitrogens is 2. The Morgan fingerprint density at radius 1 is 0.720 bits per heavy atom. The summed E-state index contributed by atoms with van der Waals surface area (Å²) in [5, 5.41) is 0. The minimum atomic E-state index is 0.720. The lowest BCUT2D eigenvalue weighted by Gasteiger charge is -2.11. The van der Waals surface area contributed by atoms with Crippen molar-refractivity contribution in [1.82, 2.24) is 4.98 Å². The molecule has 2 nitrogen and oxygen atoms in total. The molecule has 0 fully saturated rings. The lowest BCUT2D eigenvalue weighted by Crippen LogP contribution is -2.32. The van der Waals surface area contributed by atoms with Gasteiger partial charge in [0.15, 0.2) is 0 Å². The number of unbranched alkanes of at least 4 members (excludes halogenated alkanes) is 12. The van der Waals surface area contributed by atoms with Gasteiger partial charge in [0, 0.05) is 0 Å². The van der Waals surface area contributed by atoms with E-state index < -0.39 is 0 Å². The molecule has 1 N–H and O–H groups in total. The topological polar surface area (TPSA) is 19.7 Å². The molecule has 146 valence electrons. The molecule has 1 atom stereocenters. The SMILES string of the molecule is CCCCCCCCCCCCCCC[C@H](CCC)c1[nH]cc[n+]1C. The van der Waals surface area contributed by atoms with Crippen molar-refractivity contribution in [2.75, 3.05) is 0 Å². The van der Waals surface area contributed by atoms with E-state index in [-0.39, 0.29) is 0 Å². The molecule has 0 saturated carbocycles. The molecule has 25 heavy (non-hydrogen) atoms. The van der Waals surface area contributed by atoms with Crippen molar-refractivity contribution in [2.24, 2.45) is 7.05 Å². The van der Waals surface area contributed by atoms with Crippen LogP contribution in [0.15, 0.2) is 12.4 Å². The summed E-state index contributed by atoms with van der Waals surface area (Å²) >= 11 is 0. The highest BCUT2D eigenvalue weighted by Crippen LogP contribution is 2.24. The molecular formula is C23H45N2+. The van der Waals surface area contributed by atoms with Crippen LogP contribution in [0, 0.1) is 0 Å². The second-order valence-electron chi connectivity index (χ2n) is 7.97. The smallest absolute Gasteiger partial charge is 0.247 e. The van der Waals surface area contributed by atoms with Gasteiger partial charge in [0.2, 0.25) is 0 Å². The Morgan fingerprint density at radius 3 is 1.68 bits per heavy atom. The van der Waals surface area contributed by atoms with Gasteiger partial charge in [-0.3, -0.25) is 0 Å². The van der Waals surface area contributed by atoms with E-state index in [4.69, 9.17) is 0 Å². The Hall–Kier alpha value is -0.790. The minimum Gasteiger partial charge on any atom is -0.247 e. The van der Waals surface area contributed by atoms with Gasteiger partial charge in [0.05, 0.1) is 13.0 Å². The third kappa shape index (κ3) is 10.7. The van der Waals surface area contributed by atoms with Crippen LogP contribution in [0.4, 0.5) is 0 Å². The van der Waals surface area contributed by atoms with Gasteiger partial charge < -0.3 is 0 Å². The average molecular weight is 350 g/mol. The highest BCUT2D eigenvalue weighted by Gasteiger charge is 2.19. The summed E-state index contributed by atoms with van der Waals surface area (Å²) < 4.78 is 2.27. The van der Waals surface area contributed by atoms with Crippen LogP contribution in [0.25, 0.3) is 0 Å². The lowest BCUT2D eigenvalue weighted by molar-refractivity contribution is -0.679. The Labute approximate surface area is 157 Å². The molecule has 0 aromatic carbocycles. The van der Waals surface area contributed by atoms with Crippen molar-refractivity contribution < 1.29 is 4.57 Å². The van der Waals surface area contributed by atoms with Crippen LogP contribution in [0.5, 0.6) is 0 Å². The normalized spacial score (nSPS) is 12.6. The number of nitrogens with one attached hydrogen (secondary N) is 1. The number of H-pyrrole nitrogens is 1. The molecule has 0 saturated heterocycles. The summed E-state index contributed by atoms with van der Waals surface area (Å²) in [7, 11) is 2.16. The lowest BCUT2D eigenvalue weighted by atomic mass is 9.95. The van der Waals surface area contributed by atoms with Crippen molar-refractivity contribution in [3.8, 4) is 0 Å². The predicted octanol–water partition coefficient (Wildman–Crippen LogP) is 7.20. The summed E-state index contributed by atoms with van der Waals surface area (Å²) in [5.74, 6) is 2.14. The Kier molecular flexibility index (Phi) is 13.8. The Morgan fingerprint density at radius 2 is 1.24 bits per heavy atom.